The first-order chi connectivity index (χ1) is 7.11. The lowest BCUT2D eigenvalue weighted by Crippen LogP contribution is -2.07. The summed E-state index contributed by atoms with van der Waals surface area (Å²) >= 11 is 0. The Morgan fingerprint density at radius 1 is 1.20 bits per heavy atom. The summed E-state index contributed by atoms with van der Waals surface area (Å²) in [4.78, 5) is 11.4. The number of carbonyl (C=O) groups is 1. The van der Waals surface area contributed by atoms with Crippen LogP contribution in [0.1, 0.15) is 37.3 Å². The molecular weight excluding hydrogens is 188 g/mol. The first-order valence-electron chi connectivity index (χ1n) is 5.41. The molecular formula is C13H18O2. The monoisotopic (exact) mass is 206 g/mol. The molecule has 0 atom stereocenters. The van der Waals surface area contributed by atoms with E-state index in [1.165, 1.54) is 0 Å². The lowest BCUT2D eigenvalue weighted by molar-refractivity contribution is -0.134. The predicted molar refractivity (Wildman–Crippen MR) is 61.1 cm³/mol. The van der Waals surface area contributed by atoms with Gasteiger partial charge in [0, 0.05) is 6.42 Å². The van der Waals surface area contributed by atoms with Gasteiger partial charge in [0.2, 0.25) is 0 Å². The van der Waals surface area contributed by atoms with Crippen LogP contribution < -0.4 is 4.74 Å². The van der Waals surface area contributed by atoms with Crippen LogP contribution in [0, 0.1) is 13.8 Å². The van der Waals surface area contributed by atoms with Crippen molar-refractivity contribution in [3.8, 4) is 5.75 Å². The maximum Gasteiger partial charge on any atom is 0.311 e. The molecule has 0 aliphatic rings. The van der Waals surface area contributed by atoms with Gasteiger partial charge < -0.3 is 4.74 Å². The van der Waals surface area contributed by atoms with Gasteiger partial charge >= 0.3 is 5.97 Å². The highest BCUT2D eigenvalue weighted by molar-refractivity contribution is 5.72. The standard InChI is InChI=1S/C13H18O2/c1-4-5-6-13(14)15-12-8-10(2)7-11(3)9-12/h7-9H,4-6H2,1-3H3. The van der Waals surface area contributed by atoms with Gasteiger partial charge in [-0.25, -0.2) is 0 Å². The molecule has 0 saturated carbocycles. The molecule has 0 radical (unpaired) electrons. The summed E-state index contributed by atoms with van der Waals surface area (Å²) in [5, 5.41) is 0. The zero-order valence-corrected chi connectivity index (χ0v) is 9.67. The minimum absolute atomic E-state index is 0.137. The Hall–Kier alpha value is -1.31. The molecule has 0 spiro atoms. The molecule has 0 aromatic heterocycles. The van der Waals surface area contributed by atoms with Gasteiger partial charge in [-0.2, -0.15) is 0 Å². The lowest BCUT2D eigenvalue weighted by atomic mass is 10.1. The quantitative estimate of drug-likeness (QED) is 0.557. The molecule has 2 nitrogen and oxygen atoms in total. The summed E-state index contributed by atoms with van der Waals surface area (Å²) in [6.45, 7) is 6.05. The molecule has 0 unspecified atom stereocenters. The maximum atomic E-state index is 11.4. The third kappa shape index (κ3) is 4.15. The summed E-state index contributed by atoms with van der Waals surface area (Å²) in [6.07, 6.45) is 2.41. The fraction of sp³-hybridized carbons (Fsp3) is 0.462. The summed E-state index contributed by atoms with van der Waals surface area (Å²) in [6, 6.07) is 5.83. The molecule has 0 N–H and O–H groups in total. The van der Waals surface area contributed by atoms with Crippen LogP contribution in [0.5, 0.6) is 5.75 Å². The first kappa shape index (κ1) is 11.8. The molecule has 0 bridgehead atoms. The number of esters is 1. The van der Waals surface area contributed by atoms with E-state index < -0.39 is 0 Å². The van der Waals surface area contributed by atoms with Crippen molar-refractivity contribution >= 4 is 5.97 Å². The second kappa shape index (κ2) is 5.54. The smallest absolute Gasteiger partial charge is 0.311 e. The summed E-state index contributed by atoms with van der Waals surface area (Å²) in [7, 11) is 0. The van der Waals surface area contributed by atoms with Gasteiger partial charge in [0.25, 0.3) is 0 Å². The second-order valence-corrected chi connectivity index (χ2v) is 3.90. The van der Waals surface area contributed by atoms with E-state index in [4.69, 9.17) is 4.74 Å². The van der Waals surface area contributed by atoms with Crippen molar-refractivity contribution in [1.29, 1.82) is 0 Å². The van der Waals surface area contributed by atoms with Crippen LogP contribution in [0.4, 0.5) is 0 Å². The minimum Gasteiger partial charge on any atom is -0.427 e. The molecule has 82 valence electrons. The van der Waals surface area contributed by atoms with Crippen LogP contribution in [-0.2, 0) is 4.79 Å². The van der Waals surface area contributed by atoms with Gasteiger partial charge in [-0.15, -0.1) is 0 Å². The van der Waals surface area contributed by atoms with Crippen molar-refractivity contribution < 1.29 is 9.53 Å². The van der Waals surface area contributed by atoms with Gasteiger partial charge in [0.1, 0.15) is 5.75 Å². The van der Waals surface area contributed by atoms with E-state index >= 15 is 0 Å². The third-order valence-corrected chi connectivity index (χ3v) is 2.16. The molecule has 0 aliphatic carbocycles. The van der Waals surface area contributed by atoms with E-state index in [-0.39, 0.29) is 5.97 Å². The van der Waals surface area contributed by atoms with E-state index in [0.29, 0.717) is 12.2 Å². The van der Waals surface area contributed by atoms with Crippen molar-refractivity contribution in [3.63, 3.8) is 0 Å². The Kier molecular flexibility index (Phi) is 4.35. The van der Waals surface area contributed by atoms with Crippen molar-refractivity contribution in [2.75, 3.05) is 0 Å². The Labute approximate surface area is 91.3 Å². The highest BCUT2D eigenvalue weighted by atomic mass is 16.5. The molecule has 2 heteroatoms. The first-order valence-corrected chi connectivity index (χ1v) is 5.41. The van der Waals surface area contributed by atoms with Crippen molar-refractivity contribution in [2.24, 2.45) is 0 Å². The van der Waals surface area contributed by atoms with E-state index in [9.17, 15) is 4.79 Å². The SMILES string of the molecule is CCCCC(=O)Oc1cc(C)cc(C)c1. The maximum absolute atomic E-state index is 11.4. The van der Waals surface area contributed by atoms with Crippen LogP contribution in [0.15, 0.2) is 18.2 Å². The van der Waals surface area contributed by atoms with Crippen LogP contribution in [0.25, 0.3) is 0 Å². The molecule has 0 aliphatic heterocycles. The molecule has 1 rings (SSSR count). The number of benzene rings is 1. The number of aryl methyl sites for hydroxylation is 2. The van der Waals surface area contributed by atoms with E-state index in [1.807, 2.05) is 26.0 Å². The van der Waals surface area contributed by atoms with Crippen molar-refractivity contribution in [3.05, 3.63) is 29.3 Å². The molecule has 1 aromatic carbocycles. The molecule has 0 fully saturated rings. The summed E-state index contributed by atoms with van der Waals surface area (Å²) in [5.74, 6) is 0.524. The van der Waals surface area contributed by atoms with Crippen molar-refractivity contribution in [2.45, 2.75) is 40.0 Å². The molecule has 15 heavy (non-hydrogen) atoms. The molecule has 0 saturated heterocycles. The number of ether oxygens (including phenoxy) is 1. The van der Waals surface area contributed by atoms with E-state index in [2.05, 4.69) is 13.0 Å². The second-order valence-electron chi connectivity index (χ2n) is 3.90. The highest BCUT2D eigenvalue weighted by Crippen LogP contribution is 2.16. The lowest BCUT2D eigenvalue weighted by Gasteiger charge is -2.05. The Morgan fingerprint density at radius 2 is 1.80 bits per heavy atom. The molecule has 0 amide bonds. The summed E-state index contributed by atoms with van der Waals surface area (Å²) < 4.78 is 5.24. The van der Waals surface area contributed by atoms with Gasteiger partial charge in [0.15, 0.2) is 0 Å². The Bertz CT molecular complexity index is 322. The number of hydrogen-bond donors (Lipinski definition) is 0. The van der Waals surface area contributed by atoms with Gasteiger partial charge in [0.05, 0.1) is 0 Å². The van der Waals surface area contributed by atoms with Crippen LogP contribution in [0.2, 0.25) is 0 Å². The third-order valence-electron chi connectivity index (χ3n) is 2.16. The fourth-order valence-electron chi connectivity index (χ4n) is 1.50. The van der Waals surface area contributed by atoms with Crippen LogP contribution in [0.3, 0.4) is 0 Å². The number of unbranched alkanes of at least 4 members (excludes halogenated alkanes) is 1. The zero-order chi connectivity index (χ0) is 11.3. The van der Waals surface area contributed by atoms with Crippen molar-refractivity contribution in [1.82, 2.24) is 0 Å². The normalized spacial score (nSPS) is 10.1. The highest BCUT2D eigenvalue weighted by Gasteiger charge is 2.04. The Morgan fingerprint density at radius 3 is 2.33 bits per heavy atom. The fourth-order valence-corrected chi connectivity index (χ4v) is 1.50. The van der Waals surface area contributed by atoms with Gasteiger partial charge in [-0.05, 0) is 43.5 Å². The van der Waals surface area contributed by atoms with E-state index in [0.717, 1.165) is 24.0 Å². The number of hydrogen-bond acceptors (Lipinski definition) is 2. The topological polar surface area (TPSA) is 26.3 Å². The number of rotatable bonds is 4. The minimum atomic E-state index is -0.137. The van der Waals surface area contributed by atoms with Gasteiger partial charge in [-0.1, -0.05) is 19.4 Å². The predicted octanol–water partition coefficient (Wildman–Crippen LogP) is 3.40. The Balaban J connectivity index is 2.60. The largest absolute Gasteiger partial charge is 0.427 e. The van der Waals surface area contributed by atoms with E-state index in [1.54, 1.807) is 0 Å². The summed E-state index contributed by atoms with van der Waals surface area (Å²) in [5.41, 5.74) is 2.24. The average Bonchev–Trinajstić information content (AvgIpc) is 2.13. The molecule has 1 aromatic rings. The zero-order valence-electron chi connectivity index (χ0n) is 9.67. The van der Waals surface area contributed by atoms with Gasteiger partial charge in [-0.3, -0.25) is 4.79 Å². The van der Waals surface area contributed by atoms with Crippen LogP contribution in [-0.4, -0.2) is 5.97 Å². The average molecular weight is 206 g/mol. The molecule has 0 heterocycles. The number of carbonyl (C=O) groups excluding carboxylic acids is 1. The van der Waals surface area contributed by atoms with Crippen LogP contribution >= 0.6 is 0 Å².